The molecule has 8 aromatic carbocycles. The van der Waals surface area contributed by atoms with Crippen LogP contribution >= 0.6 is 0 Å². The van der Waals surface area contributed by atoms with E-state index in [9.17, 15) is 5.26 Å². The minimum absolute atomic E-state index is 0.509. The minimum Gasteiger partial charge on any atom is -0.307 e. The quantitative estimate of drug-likeness (QED) is 0.170. The average molecular weight is 741 g/mol. The van der Waals surface area contributed by atoms with Gasteiger partial charge in [-0.15, -0.1) is 0 Å². The van der Waals surface area contributed by atoms with Gasteiger partial charge in [0.05, 0.1) is 33.7 Å². The summed E-state index contributed by atoms with van der Waals surface area (Å²) >= 11 is 0. The van der Waals surface area contributed by atoms with E-state index in [0.29, 0.717) is 23.0 Å². The SMILES string of the molecule is N#Cc1cc(-c2nc(-c3ccccc3)nc(-c3ccccc3)n2)ccc1-c1ccc2c(c1)c1ccc3c4ccccc4n(-c4ccccc4)c3c1n2-c1ccccc1. The summed E-state index contributed by atoms with van der Waals surface area (Å²) in [6.07, 6.45) is 0. The monoisotopic (exact) mass is 740 g/mol. The normalized spacial score (nSPS) is 11.4. The second-order valence-electron chi connectivity index (χ2n) is 14.4. The number of fused-ring (bicyclic) bond motifs is 7. The molecule has 0 fully saturated rings. The number of nitrogens with zero attached hydrogens (tertiary/aromatic N) is 6. The molecule has 11 aromatic rings. The minimum atomic E-state index is 0.509. The largest absolute Gasteiger partial charge is 0.307 e. The van der Waals surface area contributed by atoms with Crippen molar-refractivity contribution in [1.82, 2.24) is 24.1 Å². The van der Waals surface area contributed by atoms with E-state index in [1.165, 1.54) is 10.8 Å². The van der Waals surface area contributed by atoms with Gasteiger partial charge >= 0.3 is 0 Å². The Kier molecular flexibility index (Phi) is 7.76. The van der Waals surface area contributed by atoms with Crippen molar-refractivity contribution in [3.63, 3.8) is 0 Å². The van der Waals surface area contributed by atoms with Crippen molar-refractivity contribution in [3.05, 3.63) is 200 Å². The molecule has 270 valence electrons. The zero-order chi connectivity index (χ0) is 38.6. The Morgan fingerprint density at radius 1 is 0.362 bits per heavy atom. The molecule has 0 saturated carbocycles. The van der Waals surface area contributed by atoms with Crippen LogP contribution in [-0.2, 0) is 0 Å². The smallest absolute Gasteiger partial charge is 0.164 e. The molecule has 3 heterocycles. The number of rotatable bonds is 6. The molecule has 0 unspecified atom stereocenters. The van der Waals surface area contributed by atoms with E-state index in [1.54, 1.807) is 0 Å². The number of para-hydroxylation sites is 3. The highest BCUT2D eigenvalue weighted by Gasteiger charge is 2.22. The highest BCUT2D eigenvalue weighted by Crippen LogP contribution is 2.43. The van der Waals surface area contributed by atoms with Crippen LogP contribution in [0.25, 0.3) is 100 Å². The third-order valence-electron chi connectivity index (χ3n) is 11.0. The van der Waals surface area contributed by atoms with Crippen molar-refractivity contribution >= 4 is 43.6 Å². The fourth-order valence-electron chi connectivity index (χ4n) is 8.37. The summed E-state index contributed by atoms with van der Waals surface area (Å²) in [6.45, 7) is 0. The molecule has 11 rings (SSSR count). The predicted octanol–water partition coefficient (Wildman–Crippen LogP) is 12.6. The molecule has 0 N–H and O–H groups in total. The van der Waals surface area contributed by atoms with Crippen LogP contribution in [0.3, 0.4) is 0 Å². The standard InChI is InChI=1S/C52H32N6/c53-33-38-31-37(52-55-50(34-15-5-1-6-16-34)54-51(56-52)35-17-7-2-8-18-35)25-27-41(38)36-26-30-47-45(32-36)44-29-28-43-42-23-13-14-24-46(42)57(39-19-9-3-10-20-39)48(43)49(44)58(47)40-21-11-4-12-22-40/h1-32H. The fraction of sp³-hybridized carbons (Fsp3) is 0. The zero-order valence-electron chi connectivity index (χ0n) is 31.2. The molecule has 0 amide bonds. The summed E-state index contributed by atoms with van der Waals surface area (Å²) in [5.74, 6) is 1.66. The molecule has 0 aliphatic heterocycles. The van der Waals surface area contributed by atoms with Crippen LogP contribution in [0.4, 0.5) is 0 Å². The van der Waals surface area contributed by atoms with Gasteiger partial charge in [0, 0.05) is 49.6 Å². The van der Waals surface area contributed by atoms with Crippen LogP contribution in [0.1, 0.15) is 5.56 Å². The lowest BCUT2D eigenvalue weighted by Gasteiger charge is -2.12. The van der Waals surface area contributed by atoms with Crippen LogP contribution < -0.4 is 0 Å². The number of benzene rings is 8. The van der Waals surface area contributed by atoms with Gasteiger partial charge < -0.3 is 9.13 Å². The Bertz CT molecular complexity index is 3320. The van der Waals surface area contributed by atoms with E-state index in [1.807, 2.05) is 78.9 Å². The number of hydrogen-bond acceptors (Lipinski definition) is 4. The first kappa shape index (κ1) is 33.2. The number of aromatic nitrogens is 5. The summed E-state index contributed by atoms with van der Waals surface area (Å²) in [4.78, 5) is 14.7. The molecule has 0 aliphatic carbocycles. The predicted molar refractivity (Wildman–Crippen MR) is 235 cm³/mol. The lowest BCUT2D eigenvalue weighted by molar-refractivity contribution is 1.07. The van der Waals surface area contributed by atoms with Crippen molar-refractivity contribution in [2.24, 2.45) is 0 Å². The Labute approximate surface area is 334 Å². The summed E-state index contributed by atoms with van der Waals surface area (Å²) in [5.41, 5.74) is 11.6. The van der Waals surface area contributed by atoms with Gasteiger partial charge in [-0.1, -0.05) is 146 Å². The second kappa shape index (κ2) is 13.6. The summed E-state index contributed by atoms with van der Waals surface area (Å²) in [5, 5.41) is 15.3. The van der Waals surface area contributed by atoms with Gasteiger partial charge in [0.2, 0.25) is 0 Å². The molecule has 0 atom stereocenters. The first-order valence-electron chi connectivity index (χ1n) is 19.3. The van der Waals surface area contributed by atoms with Gasteiger partial charge in [0.1, 0.15) is 0 Å². The van der Waals surface area contributed by atoms with E-state index in [0.717, 1.165) is 72.0 Å². The van der Waals surface area contributed by atoms with E-state index >= 15 is 0 Å². The van der Waals surface area contributed by atoms with Crippen molar-refractivity contribution in [3.8, 4) is 62.7 Å². The van der Waals surface area contributed by atoms with Crippen molar-refractivity contribution < 1.29 is 0 Å². The topological polar surface area (TPSA) is 72.3 Å². The molecular formula is C52H32N6. The van der Waals surface area contributed by atoms with Crippen molar-refractivity contribution in [1.29, 1.82) is 5.26 Å². The zero-order valence-corrected chi connectivity index (χ0v) is 31.2. The Balaban J connectivity index is 1.12. The maximum atomic E-state index is 10.7. The molecule has 3 aromatic heterocycles. The third-order valence-corrected chi connectivity index (χ3v) is 11.0. The Morgan fingerprint density at radius 2 is 0.828 bits per heavy atom. The maximum absolute atomic E-state index is 10.7. The van der Waals surface area contributed by atoms with Crippen molar-refractivity contribution in [2.45, 2.75) is 0 Å². The molecule has 6 nitrogen and oxygen atoms in total. The highest BCUT2D eigenvalue weighted by atomic mass is 15.0. The van der Waals surface area contributed by atoms with Crippen LogP contribution in [0.15, 0.2) is 194 Å². The molecule has 0 saturated heterocycles. The van der Waals surface area contributed by atoms with Crippen molar-refractivity contribution in [2.75, 3.05) is 0 Å². The van der Waals surface area contributed by atoms with Gasteiger partial charge in [-0.2, -0.15) is 5.26 Å². The Morgan fingerprint density at radius 3 is 1.40 bits per heavy atom. The van der Waals surface area contributed by atoms with Gasteiger partial charge in [0.15, 0.2) is 17.5 Å². The van der Waals surface area contributed by atoms with Gasteiger partial charge in [-0.05, 0) is 59.7 Å². The van der Waals surface area contributed by atoms with Crippen LogP contribution in [0.5, 0.6) is 0 Å². The molecule has 0 bridgehead atoms. The molecular weight excluding hydrogens is 709 g/mol. The summed E-state index contributed by atoms with van der Waals surface area (Å²) < 4.78 is 4.78. The summed E-state index contributed by atoms with van der Waals surface area (Å²) in [6, 6.07) is 69.2. The van der Waals surface area contributed by atoms with Gasteiger partial charge in [-0.25, -0.2) is 15.0 Å². The van der Waals surface area contributed by atoms with Gasteiger partial charge in [0.25, 0.3) is 0 Å². The number of nitriles is 1. The lowest BCUT2D eigenvalue weighted by atomic mass is 9.96. The first-order chi connectivity index (χ1) is 28.7. The molecule has 58 heavy (non-hydrogen) atoms. The maximum Gasteiger partial charge on any atom is 0.164 e. The molecule has 0 spiro atoms. The summed E-state index contributed by atoms with van der Waals surface area (Å²) in [7, 11) is 0. The number of hydrogen-bond donors (Lipinski definition) is 0. The molecule has 0 radical (unpaired) electrons. The lowest BCUT2D eigenvalue weighted by Crippen LogP contribution is -2.00. The second-order valence-corrected chi connectivity index (χ2v) is 14.4. The van der Waals surface area contributed by atoms with E-state index in [-0.39, 0.29) is 0 Å². The molecule has 6 heteroatoms. The van der Waals surface area contributed by atoms with E-state index in [4.69, 9.17) is 15.0 Å². The van der Waals surface area contributed by atoms with Crippen LogP contribution in [0.2, 0.25) is 0 Å². The van der Waals surface area contributed by atoms with Crippen LogP contribution in [0, 0.1) is 11.3 Å². The highest BCUT2D eigenvalue weighted by molar-refractivity contribution is 6.24. The third kappa shape index (κ3) is 5.37. The van der Waals surface area contributed by atoms with Gasteiger partial charge in [-0.3, -0.25) is 0 Å². The fourth-order valence-corrected chi connectivity index (χ4v) is 8.37. The van der Waals surface area contributed by atoms with Crippen LogP contribution in [-0.4, -0.2) is 24.1 Å². The average Bonchev–Trinajstić information content (AvgIpc) is 3.82. The Hall–Kier alpha value is -8.14. The molecule has 0 aliphatic rings. The van der Waals surface area contributed by atoms with E-state index < -0.39 is 0 Å². The first-order valence-corrected chi connectivity index (χ1v) is 19.3. The van der Waals surface area contributed by atoms with E-state index in [2.05, 4.69) is 130 Å².